The van der Waals surface area contributed by atoms with Crippen molar-refractivity contribution < 1.29 is 23.7 Å². The number of rotatable bonds is 5. The van der Waals surface area contributed by atoms with E-state index < -0.39 is 0 Å². The van der Waals surface area contributed by atoms with E-state index in [9.17, 15) is 4.79 Å². The van der Waals surface area contributed by atoms with Crippen LogP contribution in [-0.4, -0.2) is 34.2 Å². The number of hydrogen-bond donors (Lipinski definition) is 1. The lowest BCUT2D eigenvalue weighted by Crippen LogP contribution is -2.27. The summed E-state index contributed by atoms with van der Waals surface area (Å²) in [4.78, 5) is 13.1. The first-order valence-corrected chi connectivity index (χ1v) is 9.62. The maximum atomic E-state index is 13.1. The number of allylic oxidation sites excluding steroid dienone is 2. The number of carbonyl (C=O) groups is 1. The Morgan fingerprint density at radius 3 is 2.31 bits per heavy atom. The molecule has 2 aromatic carbocycles. The summed E-state index contributed by atoms with van der Waals surface area (Å²) < 4.78 is 22.3. The lowest BCUT2D eigenvalue weighted by molar-refractivity contribution is -0.116. The first-order chi connectivity index (χ1) is 14.1. The Bertz CT molecular complexity index is 995. The smallest absolute Gasteiger partial charge is 0.161 e. The molecule has 29 heavy (non-hydrogen) atoms. The number of fused-ring (bicyclic) bond motifs is 1. The van der Waals surface area contributed by atoms with Crippen LogP contribution in [0.25, 0.3) is 0 Å². The second-order valence-electron chi connectivity index (χ2n) is 7.13. The van der Waals surface area contributed by atoms with E-state index in [1.807, 2.05) is 30.3 Å². The van der Waals surface area contributed by atoms with Crippen LogP contribution in [0.5, 0.6) is 23.0 Å². The van der Waals surface area contributed by atoms with Gasteiger partial charge in [-0.25, -0.2) is 0 Å². The quantitative estimate of drug-likeness (QED) is 0.815. The molecule has 1 aliphatic carbocycles. The van der Waals surface area contributed by atoms with Crippen molar-refractivity contribution in [1.82, 2.24) is 0 Å². The maximum absolute atomic E-state index is 13.1. The molecule has 2 aliphatic rings. The summed E-state index contributed by atoms with van der Waals surface area (Å²) in [7, 11) is 6.52. The summed E-state index contributed by atoms with van der Waals surface area (Å²) in [5.74, 6) is 2.59. The Balaban J connectivity index is 2.03. The zero-order valence-corrected chi connectivity index (χ0v) is 17.1. The summed E-state index contributed by atoms with van der Waals surface area (Å²) in [6.45, 7) is 0. The topological polar surface area (TPSA) is 66.0 Å². The SMILES string of the molecule is COc1cc2c(c(OC)c1)C(c1cc(OC)ccc1OC)C1=C(CCCC1=O)N2. The second-order valence-corrected chi connectivity index (χ2v) is 7.13. The van der Waals surface area contributed by atoms with E-state index in [-0.39, 0.29) is 11.7 Å². The third-order valence-electron chi connectivity index (χ3n) is 5.64. The number of anilines is 1. The third kappa shape index (κ3) is 3.18. The maximum Gasteiger partial charge on any atom is 0.161 e. The van der Waals surface area contributed by atoms with Gasteiger partial charge in [-0.2, -0.15) is 0 Å². The average Bonchev–Trinajstić information content (AvgIpc) is 2.76. The Morgan fingerprint density at radius 2 is 1.62 bits per heavy atom. The summed E-state index contributed by atoms with van der Waals surface area (Å²) in [5, 5.41) is 3.47. The van der Waals surface area contributed by atoms with Gasteiger partial charge in [-0.15, -0.1) is 0 Å². The van der Waals surface area contributed by atoms with Crippen LogP contribution in [0.1, 0.15) is 36.3 Å². The van der Waals surface area contributed by atoms with Crippen LogP contribution in [-0.2, 0) is 4.79 Å². The molecule has 0 saturated heterocycles. The molecule has 0 bridgehead atoms. The number of ketones is 1. The summed E-state index contributed by atoms with van der Waals surface area (Å²) in [5.41, 5.74) is 4.39. The Labute approximate surface area is 170 Å². The molecular formula is C23H25NO5. The highest BCUT2D eigenvalue weighted by Gasteiger charge is 2.38. The van der Waals surface area contributed by atoms with Gasteiger partial charge in [0, 0.05) is 52.6 Å². The van der Waals surface area contributed by atoms with Crippen LogP contribution in [0.3, 0.4) is 0 Å². The summed E-state index contributed by atoms with van der Waals surface area (Å²) in [6.07, 6.45) is 2.20. The molecule has 1 atom stereocenters. The molecule has 6 nitrogen and oxygen atoms in total. The Hall–Kier alpha value is -3.15. The van der Waals surface area contributed by atoms with Gasteiger partial charge in [0.1, 0.15) is 23.0 Å². The molecule has 0 saturated carbocycles. The van der Waals surface area contributed by atoms with Crippen molar-refractivity contribution >= 4 is 11.5 Å². The van der Waals surface area contributed by atoms with Gasteiger partial charge in [0.05, 0.1) is 28.4 Å². The number of nitrogens with one attached hydrogen (secondary N) is 1. The highest BCUT2D eigenvalue weighted by Crippen LogP contribution is 2.52. The Kier molecular flexibility index (Phi) is 5.09. The van der Waals surface area contributed by atoms with Crippen LogP contribution in [0.15, 0.2) is 41.6 Å². The molecular weight excluding hydrogens is 370 g/mol. The van der Waals surface area contributed by atoms with Gasteiger partial charge in [-0.1, -0.05) is 0 Å². The Morgan fingerprint density at radius 1 is 0.862 bits per heavy atom. The van der Waals surface area contributed by atoms with E-state index in [2.05, 4.69) is 5.32 Å². The third-order valence-corrected chi connectivity index (χ3v) is 5.64. The van der Waals surface area contributed by atoms with Gasteiger partial charge in [0.15, 0.2) is 5.78 Å². The van der Waals surface area contributed by atoms with Gasteiger partial charge in [-0.3, -0.25) is 4.79 Å². The van der Waals surface area contributed by atoms with E-state index in [1.54, 1.807) is 28.4 Å². The molecule has 0 radical (unpaired) electrons. The van der Waals surface area contributed by atoms with Gasteiger partial charge in [0.25, 0.3) is 0 Å². The molecule has 1 aliphatic heterocycles. The number of hydrogen-bond acceptors (Lipinski definition) is 6. The van der Waals surface area contributed by atoms with Crippen molar-refractivity contribution in [2.45, 2.75) is 25.2 Å². The van der Waals surface area contributed by atoms with Crippen molar-refractivity contribution in [3.8, 4) is 23.0 Å². The van der Waals surface area contributed by atoms with Crippen molar-refractivity contribution in [3.63, 3.8) is 0 Å². The average molecular weight is 395 g/mol. The first-order valence-electron chi connectivity index (χ1n) is 9.62. The van der Waals surface area contributed by atoms with Gasteiger partial charge in [0.2, 0.25) is 0 Å². The lowest BCUT2D eigenvalue weighted by atomic mass is 9.74. The molecule has 0 spiro atoms. The molecule has 0 fully saturated rings. The van der Waals surface area contributed by atoms with E-state index >= 15 is 0 Å². The second kappa shape index (κ2) is 7.70. The molecule has 1 heterocycles. The number of methoxy groups -OCH3 is 4. The first kappa shape index (κ1) is 19.2. The van der Waals surface area contributed by atoms with Gasteiger partial charge in [-0.05, 0) is 31.0 Å². The minimum absolute atomic E-state index is 0.150. The van der Waals surface area contributed by atoms with Gasteiger partial charge < -0.3 is 24.3 Å². The minimum Gasteiger partial charge on any atom is -0.497 e. The number of carbonyl (C=O) groups excluding carboxylic acids is 1. The van der Waals surface area contributed by atoms with Crippen molar-refractivity contribution in [3.05, 3.63) is 52.7 Å². The van der Waals surface area contributed by atoms with E-state index in [0.29, 0.717) is 29.4 Å². The monoisotopic (exact) mass is 395 g/mol. The van der Waals surface area contributed by atoms with Crippen LogP contribution in [0.4, 0.5) is 5.69 Å². The van der Waals surface area contributed by atoms with E-state index in [4.69, 9.17) is 18.9 Å². The number of ether oxygens (including phenoxy) is 4. The molecule has 0 aromatic heterocycles. The minimum atomic E-state index is -0.319. The molecule has 4 rings (SSSR count). The van der Waals surface area contributed by atoms with Crippen molar-refractivity contribution in [2.24, 2.45) is 0 Å². The molecule has 6 heteroatoms. The summed E-state index contributed by atoms with van der Waals surface area (Å²) in [6, 6.07) is 9.46. The molecule has 1 N–H and O–H groups in total. The zero-order chi connectivity index (χ0) is 20.5. The highest BCUT2D eigenvalue weighted by atomic mass is 16.5. The number of benzene rings is 2. The zero-order valence-electron chi connectivity index (χ0n) is 17.1. The van der Waals surface area contributed by atoms with Crippen LogP contribution in [0.2, 0.25) is 0 Å². The lowest BCUT2D eigenvalue weighted by Gasteiger charge is -2.35. The fourth-order valence-corrected chi connectivity index (χ4v) is 4.30. The van der Waals surface area contributed by atoms with Crippen LogP contribution in [0, 0.1) is 0 Å². The highest BCUT2D eigenvalue weighted by molar-refractivity contribution is 6.01. The fraction of sp³-hybridized carbons (Fsp3) is 0.348. The normalized spacial score (nSPS) is 17.8. The standard InChI is InChI=1S/C23H25NO5/c1-26-13-8-9-19(28-3)15(10-13)21-22-16(6-5-7-18(22)25)24-17-11-14(27-2)12-20(29-4)23(17)21/h8-12,21,24H,5-7H2,1-4H3. The van der Waals surface area contributed by atoms with E-state index in [1.165, 1.54) is 0 Å². The predicted molar refractivity (Wildman–Crippen MR) is 110 cm³/mol. The van der Waals surface area contributed by atoms with Crippen LogP contribution < -0.4 is 24.3 Å². The molecule has 1 unspecified atom stereocenters. The molecule has 152 valence electrons. The summed E-state index contributed by atoms with van der Waals surface area (Å²) >= 11 is 0. The molecule has 0 amide bonds. The molecule has 2 aromatic rings. The fourth-order valence-electron chi connectivity index (χ4n) is 4.30. The van der Waals surface area contributed by atoms with E-state index in [0.717, 1.165) is 40.9 Å². The van der Waals surface area contributed by atoms with Crippen LogP contribution >= 0.6 is 0 Å². The van der Waals surface area contributed by atoms with Crippen molar-refractivity contribution in [1.29, 1.82) is 0 Å². The van der Waals surface area contributed by atoms with Crippen molar-refractivity contribution in [2.75, 3.05) is 33.8 Å². The number of Topliss-reactive ketones (excluding diaryl/α,β-unsaturated/α-hetero) is 1. The predicted octanol–water partition coefficient (Wildman–Crippen LogP) is 4.29. The van der Waals surface area contributed by atoms with Gasteiger partial charge >= 0.3 is 0 Å². The largest absolute Gasteiger partial charge is 0.497 e.